The highest BCUT2D eigenvalue weighted by molar-refractivity contribution is 6.00. The van der Waals surface area contributed by atoms with Crippen molar-refractivity contribution >= 4 is 11.9 Å². The molecule has 1 saturated heterocycles. The fraction of sp³-hybridized carbons (Fsp3) is 0.429. The number of hydrogen-bond acceptors (Lipinski definition) is 6. The third-order valence-electron chi connectivity index (χ3n) is 5.09. The lowest BCUT2D eigenvalue weighted by Crippen LogP contribution is -2.36. The monoisotopic (exact) mass is 424 g/mol. The largest absolute Gasteiger partial charge is 0.463 e. The number of ether oxygens (including phenoxy) is 2. The minimum Gasteiger partial charge on any atom is -0.463 e. The Morgan fingerprint density at radius 1 is 1.10 bits per heavy atom. The molecule has 0 aromatic heterocycles. The first-order valence-electron chi connectivity index (χ1n) is 9.69. The fourth-order valence-corrected chi connectivity index (χ4v) is 3.92. The van der Waals surface area contributed by atoms with Crippen LogP contribution in [0.2, 0.25) is 0 Å². The third-order valence-corrected chi connectivity index (χ3v) is 5.09. The summed E-state index contributed by atoms with van der Waals surface area (Å²) in [6.45, 7) is 5.88. The van der Waals surface area contributed by atoms with Gasteiger partial charge in [-0.2, -0.15) is 13.2 Å². The number of carbonyl (C=O) groups excluding carboxylic acids is 2. The van der Waals surface area contributed by atoms with E-state index in [0.29, 0.717) is 24.6 Å². The van der Waals surface area contributed by atoms with Crippen LogP contribution in [0.15, 0.2) is 46.9 Å². The Morgan fingerprint density at radius 3 is 2.30 bits per heavy atom. The van der Waals surface area contributed by atoms with Crippen molar-refractivity contribution in [2.24, 2.45) is 0 Å². The van der Waals surface area contributed by atoms with Crippen molar-refractivity contribution in [2.45, 2.75) is 32.9 Å². The quantitative estimate of drug-likeness (QED) is 0.732. The van der Waals surface area contributed by atoms with Gasteiger partial charge < -0.3 is 19.7 Å². The van der Waals surface area contributed by atoms with Crippen molar-refractivity contribution in [1.29, 1.82) is 0 Å². The van der Waals surface area contributed by atoms with Crippen LogP contribution < -0.4 is 5.32 Å². The van der Waals surface area contributed by atoms with Crippen LogP contribution in [0.4, 0.5) is 13.2 Å². The van der Waals surface area contributed by atoms with Gasteiger partial charge in [0.05, 0.1) is 35.8 Å². The fourth-order valence-electron chi connectivity index (χ4n) is 3.92. The van der Waals surface area contributed by atoms with Gasteiger partial charge in [0.25, 0.3) is 0 Å². The van der Waals surface area contributed by atoms with Crippen LogP contribution in [0.3, 0.4) is 0 Å². The summed E-state index contributed by atoms with van der Waals surface area (Å²) >= 11 is 0. The summed E-state index contributed by atoms with van der Waals surface area (Å²) in [5.74, 6) is -2.45. The Morgan fingerprint density at radius 2 is 1.70 bits per heavy atom. The molecule has 0 amide bonds. The molecule has 9 heteroatoms. The highest BCUT2D eigenvalue weighted by Gasteiger charge is 2.46. The minimum absolute atomic E-state index is 0.00375. The van der Waals surface area contributed by atoms with Gasteiger partial charge in [-0.25, -0.2) is 9.59 Å². The van der Waals surface area contributed by atoms with Crippen LogP contribution in [0, 0.1) is 0 Å². The van der Waals surface area contributed by atoms with Crippen molar-refractivity contribution in [1.82, 2.24) is 10.2 Å². The van der Waals surface area contributed by atoms with E-state index in [2.05, 4.69) is 5.32 Å². The molecule has 2 aliphatic heterocycles. The van der Waals surface area contributed by atoms with E-state index in [9.17, 15) is 22.8 Å². The maximum atomic E-state index is 13.8. The van der Waals surface area contributed by atoms with Gasteiger partial charge in [-0.15, -0.1) is 0 Å². The van der Waals surface area contributed by atoms with Gasteiger partial charge in [-0.1, -0.05) is 18.2 Å². The summed E-state index contributed by atoms with van der Waals surface area (Å²) in [6.07, 6.45) is -4.67. The van der Waals surface area contributed by atoms with Crippen molar-refractivity contribution < 1.29 is 32.2 Å². The molecule has 1 aromatic carbocycles. The lowest BCUT2D eigenvalue weighted by atomic mass is 9.79. The molecule has 1 fully saturated rings. The second-order valence-corrected chi connectivity index (χ2v) is 6.80. The SMILES string of the molecule is CCOC(=O)C1=C(C)N2CCNC2=C(C(=O)OCC)C1c1ccccc1C(F)(F)F. The zero-order chi connectivity index (χ0) is 22.1. The van der Waals surface area contributed by atoms with Crippen LogP contribution in [0.5, 0.6) is 0 Å². The molecule has 1 unspecified atom stereocenters. The molecule has 0 bridgehead atoms. The Balaban J connectivity index is 2.32. The summed E-state index contributed by atoms with van der Waals surface area (Å²) in [7, 11) is 0. The number of hydrogen-bond donors (Lipinski definition) is 1. The number of alkyl halides is 3. The summed E-state index contributed by atoms with van der Waals surface area (Å²) in [5, 5.41) is 3.06. The summed E-state index contributed by atoms with van der Waals surface area (Å²) in [5.41, 5.74) is -0.693. The van der Waals surface area contributed by atoms with Crippen molar-refractivity contribution in [3.05, 3.63) is 58.1 Å². The molecule has 1 atom stereocenters. The zero-order valence-electron chi connectivity index (χ0n) is 16.9. The van der Waals surface area contributed by atoms with Gasteiger partial charge in [0.1, 0.15) is 5.82 Å². The Hall–Kier alpha value is -2.97. The molecule has 30 heavy (non-hydrogen) atoms. The Bertz CT molecular complexity index is 921. The predicted octanol–water partition coefficient (Wildman–Crippen LogP) is 3.32. The van der Waals surface area contributed by atoms with Gasteiger partial charge in [-0.05, 0) is 32.4 Å². The van der Waals surface area contributed by atoms with E-state index in [1.165, 1.54) is 18.2 Å². The maximum absolute atomic E-state index is 13.8. The number of halogens is 3. The molecular weight excluding hydrogens is 401 g/mol. The standard InChI is InChI=1S/C21H23F3N2O4/c1-4-29-19(27)15-12(3)26-11-10-25-18(26)17(20(28)30-5-2)16(15)13-8-6-7-9-14(13)21(22,23)24/h6-9,16,25H,4-5,10-11H2,1-3H3. The first kappa shape index (κ1) is 21.7. The van der Waals surface area contributed by atoms with Crippen LogP contribution in [0.25, 0.3) is 0 Å². The van der Waals surface area contributed by atoms with Crippen LogP contribution >= 0.6 is 0 Å². The zero-order valence-corrected chi connectivity index (χ0v) is 16.9. The first-order chi connectivity index (χ1) is 14.2. The maximum Gasteiger partial charge on any atom is 0.416 e. The van der Waals surface area contributed by atoms with Crippen LogP contribution in [-0.2, 0) is 25.2 Å². The number of esters is 2. The van der Waals surface area contributed by atoms with Gasteiger partial charge >= 0.3 is 18.1 Å². The lowest BCUT2D eigenvalue weighted by Gasteiger charge is -2.35. The molecular formula is C21H23F3N2O4. The molecule has 2 heterocycles. The topological polar surface area (TPSA) is 67.9 Å². The van der Waals surface area contributed by atoms with E-state index in [0.717, 1.165) is 6.07 Å². The number of allylic oxidation sites excluding steroid dienone is 1. The van der Waals surface area contributed by atoms with E-state index < -0.39 is 29.6 Å². The van der Waals surface area contributed by atoms with E-state index in [-0.39, 0.29) is 29.9 Å². The normalized spacial score (nSPS) is 18.9. The van der Waals surface area contributed by atoms with E-state index in [1.807, 2.05) is 0 Å². The van der Waals surface area contributed by atoms with E-state index in [4.69, 9.17) is 9.47 Å². The lowest BCUT2D eigenvalue weighted by molar-refractivity contribution is -0.142. The predicted molar refractivity (Wildman–Crippen MR) is 102 cm³/mol. The number of fused-ring (bicyclic) bond motifs is 1. The molecule has 1 N–H and O–H groups in total. The van der Waals surface area contributed by atoms with Crippen LogP contribution in [-0.4, -0.2) is 43.1 Å². The second kappa shape index (κ2) is 8.41. The average Bonchev–Trinajstić information content (AvgIpc) is 3.17. The number of benzene rings is 1. The molecule has 0 spiro atoms. The van der Waals surface area contributed by atoms with E-state index in [1.54, 1.807) is 25.7 Å². The first-order valence-corrected chi connectivity index (χ1v) is 9.69. The summed E-state index contributed by atoms with van der Waals surface area (Å²) in [6, 6.07) is 4.94. The molecule has 162 valence electrons. The smallest absolute Gasteiger partial charge is 0.416 e. The number of rotatable bonds is 5. The van der Waals surface area contributed by atoms with Gasteiger partial charge in [-0.3, -0.25) is 0 Å². The van der Waals surface area contributed by atoms with Crippen molar-refractivity contribution in [3.8, 4) is 0 Å². The Labute approximate surface area is 172 Å². The van der Waals surface area contributed by atoms with E-state index >= 15 is 0 Å². The van der Waals surface area contributed by atoms with Gasteiger partial charge in [0, 0.05) is 18.8 Å². The van der Waals surface area contributed by atoms with Crippen LogP contribution in [0.1, 0.15) is 37.8 Å². The van der Waals surface area contributed by atoms with Crippen molar-refractivity contribution in [2.75, 3.05) is 26.3 Å². The average molecular weight is 424 g/mol. The van der Waals surface area contributed by atoms with Gasteiger partial charge in [0.15, 0.2) is 0 Å². The Kier molecular flexibility index (Phi) is 6.09. The molecule has 0 saturated carbocycles. The minimum atomic E-state index is -4.67. The highest BCUT2D eigenvalue weighted by Crippen LogP contribution is 2.46. The second-order valence-electron chi connectivity index (χ2n) is 6.80. The molecule has 6 nitrogen and oxygen atoms in total. The molecule has 2 aliphatic rings. The number of nitrogens with one attached hydrogen (secondary N) is 1. The molecule has 0 aliphatic carbocycles. The third kappa shape index (κ3) is 3.76. The number of carbonyl (C=O) groups is 2. The molecule has 0 radical (unpaired) electrons. The summed E-state index contributed by atoms with van der Waals surface area (Å²) in [4.78, 5) is 27.5. The number of nitrogens with zero attached hydrogens (tertiary/aromatic N) is 1. The van der Waals surface area contributed by atoms with Gasteiger partial charge in [0.2, 0.25) is 0 Å². The highest BCUT2D eigenvalue weighted by atomic mass is 19.4. The molecule has 1 aromatic rings. The van der Waals surface area contributed by atoms with Crippen molar-refractivity contribution in [3.63, 3.8) is 0 Å². The molecule has 3 rings (SSSR count). The summed E-state index contributed by atoms with van der Waals surface area (Å²) < 4.78 is 51.8.